The van der Waals surface area contributed by atoms with Crippen molar-refractivity contribution >= 4 is 41.4 Å². The molecule has 2 saturated heterocycles. The van der Waals surface area contributed by atoms with Gasteiger partial charge in [0.1, 0.15) is 28.6 Å². The molecule has 2 aliphatic heterocycles. The number of rotatable bonds is 17. The summed E-state index contributed by atoms with van der Waals surface area (Å²) in [6, 6.07) is 16.2. The smallest absolute Gasteiger partial charge is 0.272 e. The summed E-state index contributed by atoms with van der Waals surface area (Å²) in [6.45, 7) is 7.91. The zero-order valence-electron chi connectivity index (χ0n) is 29.4. The molecular formula is C38H46N6O6S. The number of hydrogen-bond donors (Lipinski definition) is 3. The zero-order valence-corrected chi connectivity index (χ0v) is 30.2. The number of aromatic nitrogens is 2. The first-order chi connectivity index (χ1) is 24.4. The van der Waals surface area contributed by atoms with E-state index in [9.17, 15) is 24.0 Å². The van der Waals surface area contributed by atoms with Crippen LogP contribution in [-0.2, 0) is 36.8 Å². The molecule has 270 valence electrons. The fraction of sp³-hybridized carbons (Fsp3) is 0.447. The molecule has 12 nitrogen and oxygen atoms in total. The first-order valence-corrected chi connectivity index (χ1v) is 18.2. The quantitative estimate of drug-likeness (QED) is 0.140. The Kier molecular flexibility index (Phi) is 12.6. The lowest BCUT2D eigenvalue weighted by Crippen LogP contribution is -2.52. The number of hydrogen-bond acceptors (Lipinski definition) is 9. The van der Waals surface area contributed by atoms with Crippen molar-refractivity contribution in [2.24, 2.45) is 5.92 Å². The van der Waals surface area contributed by atoms with E-state index in [1.165, 1.54) is 18.6 Å². The predicted molar refractivity (Wildman–Crippen MR) is 193 cm³/mol. The van der Waals surface area contributed by atoms with Crippen molar-refractivity contribution in [2.75, 3.05) is 6.61 Å². The normalized spacial score (nSPS) is 21.4. The minimum Gasteiger partial charge on any atom is -0.361 e. The van der Waals surface area contributed by atoms with Crippen molar-refractivity contribution in [3.63, 3.8) is 0 Å². The van der Waals surface area contributed by atoms with E-state index in [-0.39, 0.29) is 41.7 Å². The van der Waals surface area contributed by atoms with Gasteiger partial charge in [-0.25, -0.2) is 4.98 Å². The van der Waals surface area contributed by atoms with E-state index in [0.29, 0.717) is 32.3 Å². The summed E-state index contributed by atoms with van der Waals surface area (Å²) >= 11 is 1.11. The maximum Gasteiger partial charge on any atom is 0.272 e. The second kappa shape index (κ2) is 17.1. The van der Waals surface area contributed by atoms with Crippen LogP contribution in [0.1, 0.15) is 68.6 Å². The van der Waals surface area contributed by atoms with E-state index in [2.05, 4.69) is 25.9 Å². The van der Waals surface area contributed by atoms with Gasteiger partial charge in [0.2, 0.25) is 11.8 Å². The molecule has 6 atom stereocenters. The van der Waals surface area contributed by atoms with Crippen LogP contribution in [0.25, 0.3) is 0 Å². The van der Waals surface area contributed by atoms with Crippen molar-refractivity contribution in [3.05, 3.63) is 96.1 Å². The topological polar surface area (TPSA) is 163 Å². The van der Waals surface area contributed by atoms with Crippen LogP contribution in [-0.4, -0.2) is 85.3 Å². The monoisotopic (exact) mass is 714 g/mol. The number of carbonyl (C=O) groups excluding carboxylic acids is 5. The molecule has 3 aromatic rings. The molecule has 3 heterocycles. The van der Waals surface area contributed by atoms with Crippen molar-refractivity contribution in [1.29, 1.82) is 0 Å². The average Bonchev–Trinajstić information content (AvgIpc) is 3.83. The summed E-state index contributed by atoms with van der Waals surface area (Å²) in [5, 5.41) is 7.89. The maximum absolute atomic E-state index is 14.0. The maximum atomic E-state index is 14.0. The van der Waals surface area contributed by atoms with Crippen LogP contribution in [0.5, 0.6) is 0 Å². The first kappa shape index (κ1) is 37.6. The summed E-state index contributed by atoms with van der Waals surface area (Å²) in [4.78, 5) is 75.9. The van der Waals surface area contributed by atoms with Gasteiger partial charge in [0.15, 0.2) is 5.78 Å². The van der Waals surface area contributed by atoms with Gasteiger partial charge in [-0.1, -0.05) is 74.5 Å². The van der Waals surface area contributed by atoms with Crippen LogP contribution >= 0.6 is 11.9 Å². The molecule has 0 saturated carbocycles. The third-order valence-electron chi connectivity index (χ3n) is 9.03. The molecule has 3 N–H and O–H groups in total. The average molecular weight is 715 g/mol. The van der Waals surface area contributed by atoms with Crippen LogP contribution in [0.15, 0.2) is 79.3 Å². The van der Waals surface area contributed by atoms with Crippen molar-refractivity contribution in [3.8, 4) is 0 Å². The van der Waals surface area contributed by atoms with Gasteiger partial charge in [-0.2, -0.15) is 0 Å². The van der Waals surface area contributed by atoms with E-state index < -0.39 is 40.8 Å². The number of carbonyl (C=O) groups is 5. The Morgan fingerprint density at radius 2 is 1.63 bits per heavy atom. The Morgan fingerprint density at radius 3 is 2.24 bits per heavy atom. The van der Waals surface area contributed by atoms with E-state index in [0.717, 1.165) is 23.1 Å². The van der Waals surface area contributed by atoms with Gasteiger partial charge >= 0.3 is 0 Å². The molecule has 4 amide bonds. The van der Waals surface area contributed by atoms with E-state index in [1.54, 1.807) is 11.2 Å². The van der Waals surface area contributed by atoms with Crippen LogP contribution in [0.3, 0.4) is 0 Å². The number of benzene rings is 2. The number of ether oxygens (including phenoxy) is 1. The van der Waals surface area contributed by atoms with Crippen molar-refractivity contribution in [1.82, 2.24) is 30.2 Å². The van der Waals surface area contributed by atoms with E-state index >= 15 is 0 Å². The number of Topliss-reactive ketones (excluding diaryl/α,β-unsaturated/α-hetero) is 1. The summed E-state index contributed by atoms with van der Waals surface area (Å²) in [7, 11) is 0. The third-order valence-corrected chi connectivity index (χ3v) is 10.4. The molecule has 2 fully saturated rings. The standard InChI is InChI=1S/C38H46N6O6S/c1-24(2)19-29(33(45)38(4)23-50-38)42-36(48)32(21-27-13-9-6-10-14-27)51-44-25(3)20-30(37(44)49)43-34(46)28(16-15-26-11-7-5-8-12-26)41-35(47)31-22-39-17-18-40-31/h5-14,17-18,22,24-25,28-30,32H,15-16,19-21,23H2,1-4H3,(H,41,47)(H,42,48)(H,43,46)/t25?,28-,29-,30-,32-,38+/m0/s1. The van der Waals surface area contributed by atoms with Crippen molar-refractivity contribution < 1.29 is 28.7 Å². The molecule has 2 aromatic carbocycles. The lowest BCUT2D eigenvalue weighted by Gasteiger charge is -2.28. The van der Waals surface area contributed by atoms with Gasteiger partial charge in [-0.15, -0.1) is 0 Å². The highest BCUT2D eigenvalue weighted by atomic mass is 32.2. The minimum absolute atomic E-state index is 0.0713. The highest BCUT2D eigenvalue weighted by Crippen LogP contribution is 2.33. The lowest BCUT2D eigenvalue weighted by molar-refractivity contribution is -0.131. The van der Waals surface area contributed by atoms with Gasteiger partial charge in [0.05, 0.1) is 18.8 Å². The second-order valence-electron chi connectivity index (χ2n) is 13.8. The fourth-order valence-corrected chi connectivity index (χ4v) is 7.29. The molecule has 13 heteroatoms. The summed E-state index contributed by atoms with van der Waals surface area (Å²) in [6.07, 6.45) is 6.05. The second-order valence-corrected chi connectivity index (χ2v) is 15.0. The Labute approximate surface area is 303 Å². The van der Waals surface area contributed by atoms with E-state index in [1.807, 2.05) is 81.4 Å². The Balaban J connectivity index is 1.29. The summed E-state index contributed by atoms with van der Waals surface area (Å²) in [5.74, 6) is -1.76. The van der Waals surface area contributed by atoms with Gasteiger partial charge in [0, 0.05) is 18.4 Å². The Morgan fingerprint density at radius 1 is 0.961 bits per heavy atom. The number of ketones is 1. The lowest BCUT2D eigenvalue weighted by atomic mass is 9.93. The number of nitrogens with zero attached hydrogens (tertiary/aromatic N) is 3. The molecule has 1 aromatic heterocycles. The molecule has 0 aliphatic carbocycles. The summed E-state index contributed by atoms with van der Waals surface area (Å²) < 4.78 is 6.97. The molecule has 51 heavy (non-hydrogen) atoms. The molecule has 5 rings (SSSR count). The van der Waals surface area contributed by atoms with Gasteiger partial charge in [-0.05, 0) is 74.9 Å². The van der Waals surface area contributed by atoms with Crippen LogP contribution in [0.4, 0.5) is 0 Å². The Bertz CT molecular complexity index is 1670. The van der Waals surface area contributed by atoms with Gasteiger partial charge in [0.25, 0.3) is 11.8 Å². The first-order valence-electron chi connectivity index (χ1n) is 17.4. The molecule has 2 aliphatic rings. The highest BCUT2D eigenvalue weighted by molar-refractivity contribution is 7.98. The zero-order chi connectivity index (χ0) is 36.5. The van der Waals surface area contributed by atoms with Crippen LogP contribution in [0.2, 0.25) is 0 Å². The molecular weight excluding hydrogens is 669 g/mol. The number of epoxide rings is 1. The fourth-order valence-electron chi connectivity index (χ4n) is 6.06. The van der Waals surface area contributed by atoms with Gasteiger partial charge < -0.3 is 20.7 Å². The van der Waals surface area contributed by atoms with E-state index in [4.69, 9.17) is 4.74 Å². The molecule has 1 unspecified atom stereocenters. The molecule has 0 bridgehead atoms. The number of aryl methyl sites for hydroxylation is 1. The third kappa shape index (κ3) is 10.2. The molecule has 0 spiro atoms. The minimum atomic E-state index is -0.950. The largest absolute Gasteiger partial charge is 0.361 e. The number of amides is 4. The molecule has 0 radical (unpaired) electrons. The predicted octanol–water partition coefficient (Wildman–Crippen LogP) is 3.46. The van der Waals surface area contributed by atoms with Crippen LogP contribution in [0, 0.1) is 5.92 Å². The SMILES string of the molecule is CC(C)C[C@H](NC(=O)[C@H](Cc1ccccc1)SN1C(=O)[C@@H](NC(=O)[C@H](CCc2ccccc2)NC(=O)c2cnccn2)CC1C)C(=O)[C@@]1(C)CO1. The number of nitrogens with one attached hydrogen (secondary N) is 3. The summed E-state index contributed by atoms with van der Waals surface area (Å²) in [5.41, 5.74) is 1.07. The van der Waals surface area contributed by atoms with Crippen molar-refractivity contribution in [2.45, 2.75) is 94.8 Å². The highest BCUT2D eigenvalue weighted by Gasteiger charge is 2.50. The van der Waals surface area contributed by atoms with Gasteiger partial charge in [-0.3, -0.25) is 33.3 Å². The van der Waals surface area contributed by atoms with Crippen LogP contribution < -0.4 is 16.0 Å². The Hall–Kier alpha value is -4.62.